The molecule has 0 unspecified atom stereocenters. The Morgan fingerprint density at radius 2 is 1.34 bits per heavy atom. The molecule has 4 bridgehead atoms. The van der Waals surface area contributed by atoms with Crippen molar-refractivity contribution in [2.45, 2.75) is 32.4 Å². The molecule has 6 nitrogen and oxygen atoms in total. The standard InChI is InChI=1S/C29H30N4O2/c1-31(2)16-19-8-7-14-32-17-22(20-9-3-5-11-24(20)32)26-27(29(35)30-28(26)34)23-18-33(15-13-19)25-12-6-4-10-21(23)25/h3-6,9-12,17-19H,7-8,13-16H2,1-2H3,(H,30,34,35)/t19-/m0/s1. The SMILES string of the molecule is CN(C)C[C@H]1CCCn2cc(c3ccccc32)C2=C(C(=O)NC2=O)c2cn(c3ccccc23)CC1. The van der Waals surface area contributed by atoms with Crippen LogP contribution in [0, 0.1) is 5.92 Å². The van der Waals surface area contributed by atoms with Crippen molar-refractivity contribution in [2.75, 3.05) is 20.6 Å². The van der Waals surface area contributed by atoms with Gasteiger partial charge < -0.3 is 14.0 Å². The van der Waals surface area contributed by atoms with E-state index in [9.17, 15) is 9.59 Å². The van der Waals surface area contributed by atoms with E-state index in [0.717, 1.165) is 71.8 Å². The zero-order chi connectivity index (χ0) is 24.1. The van der Waals surface area contributed by atoms with Crippen LogP contribution in [0.5, 0.6) is 0 Å². The quantitative estimate of drug-likeness (QED) is 0.442. The third-order valence-electron chi connectivity index (χ3n) is 7.46. The highest BCUT2D eigenvalue weighted by Crippen LogP contribution is 2.39. The number of carbonyl (C=O) groups is 2. The normalized spacial score (nSPS) is 18.9. The summed E-state index contributed by atoms with van der Waals surface area (Å²) in [5.41, 5.74) is 4.82. The Morgan fingerprint density at radius 3 is 1.91 bits per heavy atom. The van der Waals surface area contributed by atoms with Crippen molar-refractivity contribution in [3.05, 3.63) is 72.1 Å². The second-order valence-corrected chi connectivity index (χ2v) is 10.1. The lowest BCUT2D eigenvalue weighted by Gasteiger charge is -2.22. The second kappa shape index (κ2) is 8.54. The number of amides is 2. The molecule has 0 radical (unpaired) electrons. The summed E-state index contributed by atoms with van der Waals surface area (Å²) >= 11 is 0. The Morgan fingerprint density at radius 1 is 0.800 bits per heavy atom. The molecule has 0 saturated carbocycles. The summed E-state index contributed by atoms with van der Waals surface area (Å²) in [5, 5.41) is 4.61. The molecule has 1 atom stereocenters. The molecule has 0 fully saturated rings. The number of hydrogen-bond acceptors (Lipinski definition) is 3. The van der Waals surface area contributed by atoms with Gasteiger partial charge in [0.05, 0.1) is 11.1 Å². The number of aryl methyl sites for hydroxylation is 2. The van der Waals surface area contributed by atoms with E-state index in [2.05, 4.69) is 70.1 Å². The van der Waals surface area contributed by atoms with Crippen molar-refractivity contribution in [1.82, 2.24) is 19.4 Å². The zero-order valence-corrected chi connectivity index (χ0v) is 20.3. The maximum Gasteiger partial charge on any atom is 0.259 e. The molecule has 2 amide bonds. The minimum Gasteiger partial charge on any atom is -0.347 e. The Kier molecular flexibility index (Phi) is 5.33. The summed E-state index contributed by atoms with van der Waals surface area (Å²) < 4.78 is 4.52. The smallest absolute Gasteiger partial charge is 0.259 e. The molecule has 6 heteroatoms. The lowest BCUT2D eigenvalue weighted by Crippen LogP contribution is -2.23. The van der Waals surface area contributed by atoms with Crippen molar-refractivity contribution in [1.29, 1.82) is 0 Å². The lowest BCUT2D eigenvalue weighted by molar-refractivity contribution is -0.122. The summed E-state index contributed by atoms with van der Waals surface area (Å²) in [5.74, 6) is -0.0600. The van der Waals surface area contributed by atoms with Gasteiger partial charge in [0.2, 0.25) is 0 Å². The van der Waals surface area contributed by atoms with E-state index in [1.54, 1.807) is 0 Å². The number of nitrogens with one attached hydrogen (secondary N) is 1. The molecule has 2 aliphatic heterocycles. The van der Waals surface area contributed by atoms with E-state index < -0.39 is 0 Å². The number of carbonyl (C=O) groups excluding carboxylic acids is 2. The molecule has 4 aromatic rings. The number of para-hydroxylation sites is 2. The van der Waals surface area contributed by atoms with Crippen LogP contribution in [0.1, 0.15) is 30.4 Å². The van der Waals surface area contributed by atoms with E-state index in [-0.39, 0.29) is 11.8 Å². The number of hydrogen-bond donors (Lipinski definition) is 1. The van der Waals surface area contributed by atoms with Crippen LogP contribution in [-0.2, 0) is 22.7 Å². The molecular formula is C29H30N4O2. The van der Waals surface area contributed by atoms with Crippen LogP contribution in [-0.4, -0.2) is 46.5 Å². The van der Waals surface area contributed by atoms with Gasteiger partial charge in [0.1, 0.15) is 0 Å². The van der Waals surface area contributed by atoms with Crippen molar-refractivity contribution in [3.63, 3.8) is 0 Å². The number of rotatable bonds is 2. The van der Waals surface area contributed by atoms with Gasteiger partial charge in [-0.25, -0.2) is 0 Å². The molecule has 2 aromatic heterocycles. The molecular weight excluding hydrogens is 436 g/mol. The van der Waals surface area contributed by atoms with Crippen LogP contribution in [0.3, 0.4) is 0 Å². The molecule has 0 aliphatic carbocycles. The predicted octanol–water partition coefficient (Wildman–Crippen LogP) is 4.52. The fraction of sp³-hybridized carbons (Fsp3) is 0.310. The summed E-state index contributed by atoms with van der Waals surface area (Å²) in [6.07, 6.45) is 7.41. The highest BCUT2D eigenvalue weighted by molar-refractivity contribution is 6.50. The zero-order valence-electron chi connectivity index (χ0n) is 20.3. The first-order valence-electron chi connectivity index (χ1n) is 12.4. The fourth-order valence-corrected chi connectivity index (χ4v) is 5.95. The number of fused-ring (bicyclic) bond motifs is 12. The lowest BCUT2D eigenvalue weighted by atomic mass is 9.95. The van der Waals surface area contributed by atoms with Gasteiger partial charge in [0, 0.05) is 65.0 Å². The minimum atomic E-state index is -0.317. The van der Waals surface area contributed by atoms with Crippen LogP contribution in [0.4, 0.5) is 0 Å². The van der Waals surface area contributed by atoms with E-state index in [1.807, 2.05) is 24.3 Å². The Hall–Kier alpha value is -3.64. The fourth-order valence-electron chi connectivity index (χ4n) is 5.95. The highest BCUT2D eigenvalue weighted by Gasteiger charge is 2.35. The molecule has 6 rings (SSSR count). The minimum absolute atomic E-state index is 0.317. The van der Waals surface area contributed by atoms with Gasteiger partial charge in [0.25, 0.3) is 11.8 Å². The summed E-state index contributed by atoms with van der Waals surface area (Å²) in [7, 11) is 4.29. The van der Waals surface area contributed by atoms with Crippen LogP contribution in [0.15, 0.2) is 60.9 Å². The third kappa shape index (κ3) is 3.69. The first-order chi connectivity index (χ1) is 17.0. The van der Waals surface area contributed by atoms with Gasteiger partial charge in [0.15, 0.2) is 0 Å². The summed E-state index contributed by atoms with van der Waals surface area (Å²) in [4.78, 5) is 28.7. The summed E-state index contributed by atoms with van der Waals surface area (Å²) in [6.45, 7) is 2.81. The highest BCUT2D eigenvalue weighted by atomic mass is 16.2. The van der Waals surface area contributed by atoms with E-state index in [0.29, 0.717) is 17.1 Å². The average molecular weight is 467 g/mol. The van der Waals surface area contributed by atoms with Gasteiger partial charge in [-0.15, -0.1) is 0 Å². The van der Waals surface area contributed by atoms with Gasteiger partial charge in [-0.3, -0.25) is 14.9 Å². The molecule has 4 heterocycles. The molecule has 178 valence electrons. The molecule has 0 spiro atoms. The topological polar surface area (TPSA) is 59.3 Å². The van der Waals surface area contributed by atoms with Crippen molar-refractivity contribution >= 4 is 44.8 Å². The Balaban J connectivity index is 1.62. The Labute approximate surface area is 204 Å². The summed E-state index contributed by atoms with van der Waals surface area (Å²) in [6, 6.07) is 16.4. The van der Waals surface area contributed by atoms with Crippen molar-refractivity contribution < 1.29 is 9.59 Å². The van der Waals surface area contributed by atoms with Gasteiger partial charge in [-0.1, -0.05) is 36.4 Å². The monoisotopic (exact) mass is 466 g/mol. The van der Waals surface area contributed by atoms with Gasteiger partial charge in [-0.2, -0.15) is 0 Å². The van der Waals surface area contributed by atoms with Gasteiger partial charge in [-0.05, 0) is 51.4 Å². The molecule has 1 N–H and O–H groups in total. The molecule has 2 aliphatic rings. The Bertz CT molecular complexity index is 1500. The predicted molar refractivity (Wildman–Crippen MR) is 140 cm³/mol. The van der Waals surface area contributed by atoms with Crippen molar-refractivity contribution in [3.8, 4) is 0 Å². The van der Waals surface area contributed by atoms with Gasteiger partial charge >= 0.3 is 0 Å². The molecule has 35 heavy (non-hydrogen) atoms. The van der Waals surface area contributed by atoms with Crippen molar-refractivity contribution in [2.24, 2.45) is 5.92 Å². The van der Waals surface area contributed by atoms with E-state index >= 15 is 0 Å². The van der Waals surface area contributed by atoms with Crippen LogP contribution >= 0.6 is 0 Å². The largest absolute Gasteiger partial charge is 0.347 e. The first kappa shape index (κ1) is 21.9. The maximum absolute atomic E-state index is 13.2. The second-order valence-electron chi connectivity index (χ2n) is 10.1. The number of imide groups is 1. The van der Waals surface area contributed by atoms with Crippen LogP contribution < -0.4 is 5.32 Å². The van der Waals surface area contributed by atoms with E-state index in [1.165, 1.54) is 0 Å². The van der Waals surface area contributed by atoms with Crippen LogP contribution in [0.2, 0.25) is 0 Å². The number of aromatic nitrogens is 2. The van der Waals surface area contributed by atoms with E-state index in [4.69, 9.17) is 0 Å². The third-order valence-corrected chi connectivity index (χ3v) is 7.46. The maximum atomic E-state index is 13.2. The molecule has 2 aromatic carbocycles. The van der Waals surface area contributed by atoms with Crippen LogP contribution in [0.25, 0.3) is 33.0 Å². The number of nitrogens with zero attached hydrogens (tertiary/aromatic N) is 3. The molecule has 0 saturated heterocycles. The first-order valence-corrected chi connectivity index (χ1v) is 12.4. The number of benzene rings is 2. The average Bonchev–Trinajstić information content (AvgIpc) is 3.47.